The van der Waals surface area contributed by atoms with E-state index in [2.05, 4.69) is 40.0 Å². The Bertz CT molecular complexity index is 321. The fourth-order valence-electron chi connectivity index (χ4n) is 1.90. The first-order valence-corrected chi connectivity index (χ1v) is 6.38. The van der Waals surface area contributed by atoms with E-state index in [0.29, 0.717) is 5.92 Å². The predicted octanol–water partition coefficient (Wildman–Crippen LogP) is 3.41. The first kappa shape index (κ1) is 10.7. The molecule has 1 aliphatic heterocycles. The molecular formula is C11H13ClIN. The average Bonchev–Trinajstić information content (AvgIpc) is 2.23. The molecule has 0 unspecified atom stereocenters. The van der Waals surface area contributed by atoms with Crippen LogP contribution in [0.15, 0.2) is 18.2 Å². The van der Waals surface area contributed by atoms with Crippen molar-refractivity contribution in [3.8, 4) is 0 Å². The smallest absolute Gasteiger partial charge is 0.0539 e. The van der Waals surface area contributed by atoms with Gasteiger partial charge in [0.05, 0.1) is 5.02 Å². The minimum absolute atomic E-state index is 0.675. The molecule has 1 heterocycles. The van der Waals surface area contributed by atoms with Gasteiger partial charge in [0.25, 0.3) is 0 Å². The molecule has 0 radical (unpaired) electrons. The number of halogens is 2. The molecule has 3 heteroatoms. The summed E-state index contributed by atoms with van der Waals surface area (Å²) in [5, 5.41) is 4.29. The van der Waals surface area contributed by atoms with Gasteiger partial charge in [0, 0.05) is 10.1 Å². The highest BCUT2D eigenvalue weighted by Crippen LogP contribution is 2.27. The molecule has 0 amide bonds. The van der Waals surface area contributed by atoms with E-state index < -0.39 is 0 Å². The van der Waals surface area contributed by atoms with Gasteiger partial charge in [0.1, 0.15) is 0 Å². The molecule has 1 nitrogen and oxygen atoms in total. The molecule has 0 aromatic heterocycles. The highest BCUT2D eigenvalue weighted by molar-refractivity contribution is 14.1. The monoisotopic (exact) mass is 321 g/mol. The molecule has 2 rings (SSSR count). The number of hydrogen-bond acceptors (Lipinski definition) is 1. The zero-order valence-electron chi connectivity index (χ0n) is 7.89. The Kier molecular flexibility index (Phi) is 3.68. The van der Waals surface area contributed by atoms with Gasteiger partial charge in [0.2, 0.25) is 0 Å². The minimum Gasteiger partial charge on any atom is -0.316 e. The second-order valence-electron chi connectivity index (χ2n) is 3.72. The first-order chi connectivity index (χ1) is 6.77. The van der Waals surface area contributed by atoms with Gasteiger partial charge in [-0.2, -0.15) is 0 Å². The SMILES string of the molecule is Clc1ccc([C@H]2CCCNC2)cc1I. The van der Waals surface area contributed by atoms with Crippen molar-refractivity contribution >= 4 is 34.2 Å². The number of piperidine rings is 1. The summed E-state index contributed by atoms with van der Waals surface area (Å²) < 4.78 is 1.16. The predicted molar refractivity (Wildman–Crippen MR) is 69.0 cm³/mol. The fourth-order valence-corrected chi connectivity index (χ4v) is 2.56. The molecule has 0 saturated carbocycles. The van der Waals surface area contributed by atoms with E-state index >= 15 is 0 Å². The van der Waals surface area contributed by atoms with Crippen LogP contribution in [0.4, 0.5) is 0 Å². The molecule has 0 aliphatic carbocycles. The molecule has 0 spiro atoms. The van der Waals surface area contributed by atoms with Crippen LogP contribution in [0.1, 0.15) is 24.3 Å². The lowest BCUT2D eigenvalue weighted by atomic mass is 9.92. The molecule has 76 valence electrons. The molecular weight excluding hydrogens is 308 g/mol. The second kappa shape index (κ2) is 4.81. The Hall–Kier alpha value is 0.200. The standard InChI is InChI=1S/C11H13ClIN/c12-10-4-3-8(6-11(10)13)9-2-1-5-14-7-9/h3-4,6,9,14H,1-2,5,7H2/t9-/m0/s1. The summed E-state index contributed by atoms with van der Waals surface area (Å²) in [4.78, 5) is 0. The molecule has 1 aromatic carbocycles. The Morgan fingerprint density at radius 1 is 1.43 bits per heavy atom. The highest BCUT2D eigenvalue weighted by atomic mass is 127. The lowest BCUT2D eigenvalue weighted by Gasteiger charge is -2.23. The van der Waals surface area contributed by atoms with E-state index in [1.54, 1.807) is 0 Å². The maximum absolute atomic E-state index is 6.00. The molecule has 1 saturated heterocycles. The van der Waals surface area contributed by atoms with Crippen LogP contribution in [-0.4, -0.2) is 13.1 Å². The van der Waals surface area contributed by atoms with Gasteiger partial charge < -0.3 is 5.32 Å². The summed E-state index contributed by atoms with van der Waals surface area (Å²) in [6.07, 6.45) is 2.58. The molecule has 1 aromatic rings. The number of rotatable bonds is 1. The summed E-state index contributed by atoms with van der Waals surface area (Å²) in [5.74, 6) is 0.675. The zero-order valence-corrected chi connectivity index (χ0v) is 10.8. The van der Waals surface area contributed by atoms with Crippen molar-refractivity contribution in [1.82, 2.24) is 5.32 Å². The van der Waals surface area contributed by atoms with E-state index in [4.69, 9.17) is 11.6 Å². The molecule has 1 atom stereocenters. The van der Waals surface area contributed by atoms with E-state index in [9.17, 15) is 0 Å². The lowest BCUT2D eigenvalue weighted by Crippen LogP contribution is -2.28. The van der Waals surface area contributed by atoms with Crippen molar-refractivity contribution < 1.29 is 0 Å². The summed E-state index contributed by atoms with van der Waals surface area (Å²) in [5.41, 5.74) is 1.42. The van der Waals surface area contributed by atoms with Crippen molar-refractivity contribution in [3.63, 3.8) is 0 Å². The summed E-state index contributed by atoms with van der Waals surface area (Å²) >= 11 is 8.29. The third-order valence-corrected chi connectivity index (χ3v) is 4.25. The summed E-state index contributed by atoms with van der Waals surface area (Å²) in [7, 11) is 0. The van der Waals surface area contributed by atoms with Crippen molar-refractivity contribution in [3.05, 3.63) is 32.4 Å². The van der Waals surface area contributed by atoms with E-state index in [1.807, 2.05) is 6.07 Å². The van der Waals surface area contributed by atoms with Crippen LogP contribution in [0, 0.1) is 3.57 Å². The molecule has 0 bridgehead atoms. The lowest BCUT2D eigenvalue weighted by molar-refractivity contribution is 0.461. The van der Waals surface area contributed by atoms with Crippen LogP contribution < -0.4 is 5.32 Å². The topological polar surface area (TPSA) is 12.0 Å². The summed E-state index contributed by atoms with van der Waals surface area (Å²) in [6.45, 7) is 2.28. The van der Waals surface area contributed by atoms with E-state index in [0.717, 1.165) is 15.1 Å². The van der Waals surface area contributed by atoms with E-state index in [-0.39, 0.29) is 0 Å². The Balaban J connectivity index is 2.18. The number of nitrogens with one attached hydrogen (secondary N) is 1. The molecule has 1 aliphatic rings. The van der Waals surface area contributed by atoms with Gasteiger partial charge in [-0.25, -0.2) is 0 Å². The molecule has 1 fully saturated rings. The van der Waals surface area contributed by atoms with Crippen molar-refractivity contribution in [2.24, 2.45) is 0 Å². The Morgan fingerprint density at radius 2 is 2.29 bits per heavy atom. The largest absolute Gasteiger partial charge is 0.316 e. The van der Waals surface area contributed by atoms with Gasteiger partial charge in [0.15, 0.2) is 0 Å². The van der Waals surface area contributed by atoms with Gasteiger partial charge in [-0.3, -0.25) is 0 Å². The highest BCUT2D eigenvalue weighted by Gasteiger charge is 2.15. The van der Waals surface area contributed by atoms with Crippen LogP contribution in [0.25, 0.3) is 0 Å². The Morgan fingerprint density at radius 3 is 2.93 bits per heavy atom. The van der Waals surface area contributed by atoms with Crippen LogP contribution in [0.2, 0.25) is 5.02 Å². The number of hydrogen-bond donors (Lipinski definition) is 1. The molecule has 1 N–H and O–H groups in total. The van der Waals surface area contributed by atoms with Crippen molar-refractivity contribution in [1.29, 1.82) is 0 Å². The third-order valence-electron chi connectivity index (χ3n) is 2.71. The van der Waals surface area contributed by atoms with Crippen LogP contribution >= 0.6 is 34.2 Å². The maximum Gasteiger partial charge on any atom is 0.0539 e. The van der Waals surface area contributed by atoms with Crippen LogP contribution in [0.3, 0.4) is 0 Å². The van der Waals surface area contributed by atoms with E-state index in [1.165, 1.54) is 24.9 Å². The molecule has 14 heavy (non-hydrogen) atoms. The average molecular weight is 322 g/mol. The van der Waals surface area contributed by atoms with Gasteiger partial charge in [-0.05, 0) is 65.6 Å². The zero-order chi connectivity index (χ0) is 9.97. The number of benzene rings is 1. The van der Waals surface area contributed by atoms with Crippen molar-refractivity contribution in [2.45, 2.75) is 18.8 Å². The fraction of sp³-hybridized carbons (Fsp3) is 0.455. The second-order valence-corrected chi connectivity index (χ2v) is 5.29. The Labute approximate surface area is 103 Å². The van der Waals surface area contributed by atoms with Gasteiger partial charge >= 0.3 is 0 Å². The van der Waals surface area contributed by atoms with Crippen molar-refractivity contribution in [2.75, 3.05) is 13.1 Å². The maximum atomic E-state index is 6.00. The normalized spacial score (nSPS) is 22.3. The van der Waals surface area contributed by atoms with Gasteiger partial charge in [-0.15, -0.1) is 0 Å². The minimum atomic E-state index is 0.675. The first-order valence-electron chi connectivity index (χ1n) is 4.93. The quantitative estimate of drug-likeness (QED) is 0.782. The van der Waals surface area contributed by atoms with Crippen LogP contribution in [0.5, 0.6) is 0 Å². The van der Waals surface area contributed by atoms with Crippen LogP contribution in [-0.2, 0) is 0 Å². The third kappa shape index (κ3) is 2.41. The van der Waals surface area contributed by atoms with Gasteiger partial charge in [-0.1, -0.05) is 17.7 Å². The summed E-state index contributed by atoms with van der Waals surface area (Å²) in [6, 6.07) is 6.37.